The molecule has 0 bridgehead atoms. The molecule has 0 saturated carbocycles. The Hall–Kier alpha value is -1.23. The predicted molar refractivity (Wildman–Crippen MR) is 165 cm³/mol. The van der Waals surface area contributed by atoms with Gasteiger partial charge in [-0.1, -0.05) is 31.1 Å². The fraction of sp³-hybridized carbons (Fsp3) is 0.742. The average molecular weight is 598 g/mol. The van der Waals surface area contributed by atoms with Crippen LogP contribution in [0.2, 0.25) is 0 Å². The van der Waals surface area contributed by atoms with Crippen LogP contribution in [0.4, 0.5) is 0 Å². The number of aromatic nitrogens is 1. The molecule has 1 N–H and O–H groups in total. The van der Waals surface area contributed by atoms with E-state index >= 15 is 0 Å². The second kappa shape index (κ2) is 15.3. The first-order chi connectivity index (χ1) is 18.6. The highest BCUT2D eigenvalue weighted by Gasteiger charge is 2.53. The molecule has 6 atom stereocenters. The molecule has 2 rings (SSSR count). The second-order valence-electron chi connectivity index (χ2n) is 12.2. The van der Waals surface area contributed by atoms with Gasteiger partial charge in [0.15, 0.2) is 5.79 Å². The van der Waals surface area contributed by atoms with Gasteiger partial charge in [0.1, 0.15) is 17.0 Å². The molecule has 0 amide bonds. The molecule has 228 valence electrons. The maximum Gasteiger partial charge on any atom is 0.362 e. The number of thiazole rings is 1. The fourth-order valence-corrected chi connectivity index (χ4v) is 7.37. The molecular weight excluding hydrogens is 546 g/mol. The topological polar surface area (TPSA) is 101 Å². The van der Waals surface area contributed by atoms with E-state index < -0.39 is 39.0 Å². The summed E-state index contributed by atoms with van der Waals surface area (Å²) in [4.78, 5) is 17.3. The summed E-state index contributed by atoms with van der Waals surface area (Å²) < 4.78 is 29.7. The van der Waals surface area contributed by atoms with Crippen molar-refractivity contribution in [3.05, 3.63) is 33.3 Å². The molecular formula is C31H51NO6S2. The molecule has 1 fully saturated rings. The summed E-state index contributed by atoms with van der Waals surface area (Å²) in [6, 6.07) is 0. The lowest BCUT2D eigenvalue weighted by atomic mass is 9.93. The number of esters is 1. The van der Waals surface area contributed by atoms with E-state index in [0.29, 0.717) is 25.4 Å². The number of carbonyl (C=O) groups excluding carboxylic acids is 1. The first kappa shape index (κ1) is 35.0. The van der Waals surface area contributed by atoms with Gasteiger partial charge in [-0.25, -0.2) is 9.78 Å². The normalized spacial score (nSPS) is 22.4. The molecule has 1 aliphatic heterocycles. The number of ether oxygens (including phenoxy) is 3. The highest BCUT2D eigenvalue weighted by molar-refractivity contribution is 7.94. The monoisotopic (exact) mass is 597 g/mol. The lowest BCUT2D eigenvalue weighted by Gasteiger charge is -2.45. The summed E-state index contributed by atoms with van der Waals surface area (Å²) >= 11 is -0.0812. The van der Waals surface area contributed by atoms with Gasteiger partial charge in [-0.2, -0.15) is 0 Å². The molecule has 9 heteroatoms. The van der Waals surface area contributed by atoms with E-state index in [-0.39, 0.29) is 12.0 Å². The van der Waals surface area contributed by atoms with Crippen molar-refractivity contribution in [1.29, 1.82) is 0 Å². The summed E-state index contributed by atoms with van der Waals surface area (Å²) in [5.41, 5.74) is 3.64. The van der Waals surface area contributed by atoms with Crippen molar-refractivity contribution in [3.8, 4) is 0 Å². The van der Waals surface area contributed by atoms with Crippen molar-refractivity contribution in [2.45, 2.75) is 122 Å². The molecule has 40 heavy (non-hydrogen) atoms. The fourth-order valence-electron chi connectivity index (χ4n) is 4.92. The Labute approximate surface area is 249 Å². The van der Waals surface area contributed by atoms with Crippen LogP contribution in [-0.4, -0.2) is 62.3 Å². The summed E-state index contributed by atoms with van der Waals surface area (Å²) in [5, 5.41) is 13.3. The molecule has 2 heterocycles. The smallest absolute Gasteiger partial charge is 0.362 e. The van der Waals surface area contributed by atoms with Crippen molar-refractivity contribution in [1.82, 2.24) is 4.98 Å². The third-order valence-electron chi connectivity index (χ3n) is 7.95. The van der Waals surface area contributed by atoms with E-state index in [2.05, 4.69) is 43.3 Å². The zero-order chi connectivity index (χ0) is 30.3. The maximum absolute atomic E-state index is 13.8. The molecule has 1 aromatic rings. The van der Waals surface area contributed by atoms with Gasteiger partial charge in [-0.15, -0.1) is 11.3 Å². The van der Waals surface area contributed by atoms with Gasteiger partial charge in [0, 0.05) is 11.8 Å². The van der Waals surface area contributed by atoms with Gasteiger partial charge < -0.3 is 23.9 Å². The largest absolute Gasteiger partial charge is 0.615 e. The Balaban J connectivity index is 1.95. The minimum atomic E-state index is -1.75. The number of aliphatic hydroxyl groups excluding tert-OH is 1. The summed E-state index contributed by atoms with van der Waals surface area (Å²) in [7, 11) is 1.27. The standard InChI is InChI=1S/C31H51NO6S2/c1-20(14-15-21(2)23(4)18-25-19-39-24(5)32-25)12-11-13-22(3)27(33)28(29(34)36-10)40(35)30(6,7)26-16-17-37-31(8,9)38-26/h14,18-19,21-22,26-28,33H,11-13,15-17H2,1-10H3/b20-14-,23-18+. The minimum Gasteiger partial charge on any atom is -0.615 e. The van der Waals surface area contributed by atoms with Crippen molar-refractivity contribution in [3.63, 3.8) is 0 Å². The third-order valence-corrected chi connectivity index (χ3v) is 11.0. The van der Waals surface area contributed by atoms with Gasteiger partial charge in [-0.3, -0.25) is 0 Å². The van der Waals surface area contributed by atoms with Crippen LogP contribution in [0.5, 0.6) is 0 Å². The first-order valence-electron chi connectivity index (χ1n) is 14.3. The number of carbonyl (C=O) groups is 1. The number of nitrogens with zero attached hydrogens (tertiary/aromatic N) is 1. The van der Waals surface area contributed by atoms with Gasteiger partial charge in [-0.05, 0) is 103 Å². The molecule has 0 aromatic carbocycles. The zero-order valence-corrected chi connectivity index (χ0v) is 27.7. The van der Waals surface area contributed by atoms with Gasteiger partial charge >= 0.3 is 5.97 Å². The lowest BCUT2D eigenvalue weighted by Crippen LogP contribution is -2.59. The quantitative estimate of drug-likeness (QED) is 0.146. The molecule has 7 nitrogen and oxygen atoms in total. The van der Waals surface area contributed by atoms with E-state index in [1.807, 2.05) is 41.5 Å². The van der Waals surface area contributed by atoms with Gasteiger partial charge in [0.25, 0.3) is 0 Å². The highest BCUT2D eigenvalue weighted by atomic mass is 32.2. The predicted octanol–water partition coefficient (Wildman–Crippen LogP) is 6.61. The van der Waals surface area contributed by atoms with Crippen molar-refractivity contribution >= 4 is 34.6 Å². The van der Waals surface area contributed by atoms with Crippen LogP contribution >= 0.6 is 11.3 Å². The zero-order valence-electron chi connectivity index (χ0n) is 26.1. The third kappa shape index (κ3) is 9.95. The van der Waals surface area contributed by atoms with Crippen molar-refractivity contribution in [2.75, 3.05) is 13.7 Å². The van der Waals surface area contributed by atoms with Crippen LogP contribution < -0.4 is 0 Å². The molecule has 1 aliphatic rings. The van der Waals surface area contributed by atoms with E-state index in [1.165, 1.54) is 18.3 Å². The van der Waals surface area contributed by atoms with E-state index in [4.69, 9.17) is 14.2 Å². The van der Waals surface area contributed by atoms with Crippen LogP contribution in [0.1, 0.15) is 98.2 Å². The van der Waals surface area contributed by atoms with Crippen molar-refractivity contribution < 1.29 is 28.7 Å². The Morgan fingerprint density at radius 2 is 2.05 bits per heavy atom. The van der Waals surface area contributed by atoms with E-state index in [1.54, 1.807) is 11.3 Å². The van der Waals surface area contributed by atoms with Crippen LogP contribution in [0.15, 0.2) is 22.6 Å². The number of aliphatic hydroxyl groups is 1. The summed E-state index contributed by atoms with van der Waals surface area (Å²) in [6.45, 7) is 18.2. The van der Waals surface area contributed by atoms with Crippen LogP contribution in [0.25, 0.3) is 6.08 Å². The van der Waals surface area contributed by atoms with E-state index in [0.717, 1.165) is 30.0 Å². The average Bonchev–Trinajstić information content (AvgIpc) is 3.30. The number of methoxy groups -OCH3 is 1. The maximum atomic E-state index is 13.8. The summed E-state index contributed by atoms with van der Waals surface area (Å²) in [6.07, 6.45) is 6.97. The molecule has 1 saturated heterocycles. The molecule has 6 unspecified atom stereocenters. The Bertz CT molecular complexity index is 1020. The van der Waals surface area contributed by atoms with Crippen LogP contribution in [0.3, 0.4) is 0 Å². The highest BCUT2D eigenvalue weighted by Crippen LogP contribution is 2.37. The van der Waals surface area contributed by atoms with Crippen LogP contribution in [0, 0.1) is 18.8 Å². The number of allylic oxidation sites excluding steroid dienone is 3. The lowest BCUT2D eigenvalue weighted by molar-refractivity contribution is -0.277. The SMILES string of the molecule is COC(=O)C(C(O)C(C)CCC/C(C)=C\CC(C)/C(C)=C/c1csc(C)n1)[S+]([O-])C(C)(C)C1CCOC(C)(C)O1. The number of rotatable bonds is 14. The molecule has 0 spiro atoms. The molecule has 1 aromatic heterocycles. The Morgan fingerprint density at radius 1 is 1.38 bits per heavy atom. The van der Waals surface area contributed by atoms with Gasteiger partial charge in [0.2, 0.25) is 5.25 Å². The van der Waals surface area contributed by atoms with Crippen molar-refractivity contribution in [2.24, 2.45) is 11.8 Å². The Morgan fingerprint density at radius 3 is 2.62 bits per heavy atom. The van der Waals surface area contributed by atoms with Crippen LogP contribution in [-0.2, 0) is 30.2 Å². The molecule has 0 aliphatic carbocycles. The number of aryl methyl sites for hydroxylation is 1. The Kier molecular flexibility index (Phi) is 13.4. The molecule has 0 radical (unpaired) electrons. The number of hydrogen-bond acceptors (Lipinski definition) is 8. The summed E-state index contributed by atoms with van der Waals surface area (Å²) in [5.74, 6) is -1.26. The minimum absolute atomic E-state index is 0.227. The first-order valence-corrected chi connectivity index (χ1v) is 16.4. The van der Waals surface area contributed by atoms with Gasteiger partial charge in [0.05, 0.1) is 24.4 Å². The number of hydrogen-bond donors (Lipinski definition) is 1. The van der Waals surface area contributed by atoms with E-state index in [9.17, 15) is 14.5 Å². The second-order valence-corrected chi connectivity index (χ2v) is 15.4.